The highest BCUT2D eigenvalue weighted by Gasteiger charge is 2.24. The Morgan fingerprint density at radius 3 is 2.92 bits per heavy atom. The number of ether oxygens (including phenoxy) is 2. The molecular formula is C27H34N6O3. The van der Waals surface area contributed by atoms with Crippen LogP contribution in [0.4, 0.5) is 11.6 Å². The molecule has 4 rings (SSSR count). The van der Waals surface area contributed by atoms with Crippen LogP contribution in [0.2, 0.25) is 0 Å². The van der Waals surface area contributed by atoms with Crippen molar-refractivity contribution in [3.63, 3.8) is 0 Å². The highest BCUT2D eigenvalue weighted by molar-refractivity contribution is 5.81. The first-order valence-corrected chi connectivity index (χ1v) is 12.2. The topological polar surface area (TPSA) is 109 Å². The number of carbonyl (C=O) groups is 1. The molecule has 2 aromatic carbocycles. The lowest BCUT2D eigenvalue weighted by Gasteiger charge is -2.19. The van der Waals surface area contributed by atoms with Gasteiger partial charge in [0.25, 0.3) is 0 Å². The molecule has 2 heterocycles. The van der Waals surface area contributed by atoms with Gasteiger partial charge in [0.2, 0.25) is 11.9 Å². The van der Waals surface area contributed by atoms with Gasteiger partial charge in [-0.3, -0.25) is 15.6 Å². The SMILES string of the molecule is C=C(CNNC)c1cc(Nc2ncc3cc(C)ccc3n2)cc(OC[C@@H](C)NC(=O)[C@H]2CCCO2)c1. The molecule has 1 fully saturated rings. The minimum Gasteiger partial charge on any atom is -0.491 e. The van der Waals surface area contributed by atoms with E-state index in [4.69, 9.17) is 9.47 Å². The van der Waals surface area contributed by atoms with Gasteiger partial charge in [-0.25, -0.2) is 9.97 Å². The van der Waals surface area contributed by atoms with Crippen LogP contribution in [-0.2, 0) is 9.53 Å². The van der Waals surface area contributed by atoms with Crippen molar-refractivity contribution in [2.24, 2.45) is 0 Å². The number of aromatic nitrogens is 2. The molecule has 1 aliphatic rings. The van der Waals surface area contributed by atoms with Crippen LogP contribution in [0, 0.1) is 6.92 Å². The number of nitrogens with one attached hydrogen (secondary N) is 4. The third-order valence-corrected chi connectivity index (χ3v) is 5.90. The maximum Gasteiger partial charge on any atom is 0.249 e. The molecule has 4 N–H and O–H groups in total. The predicted octanol–water partition coefficient (Wildman–Crippen LogP) is 3.48. The molecular weight excluding hydrogens is 456 g/mol. The van der Waals surface area contributed by atoms with Crippen LogP contribution in [-0.4, -0.2) is 54.8 Å². The van der Waals surface area contributed by atoms with Gasteiger partial charge < -0.3 is 20.1 Å². The van der Waals surface area contributed by atoms with Crippen LogP contribution in [0.3, 0.4) is 0 Å². The summed E-state index contributed by atoms with van der Waals surface area (Å²) in [7, 11) is 1.81. The first kappa shape index (κ1) is 25.6. The lowest BCUT2D eigenvalue weighted by atomic mass is 10.1. The summed E-state index contributed by atoms with van der Waals surface area (Å²) in [5.41, 5.74) is 10.6. The van der Waals surface area contributed by atoms with Crippen molar-refractivity contribution in [3.8, 4) is 5.75 Å². The van der Waals surface area contributed by atoms with Crippen molar-refractivity contribution < 1.29 is 14.3 Å². The molecule has 1 aromatic heterocycles. The molecule has 36 heavy (non-hydrogen) atoms. The van der Waals surface area contributed by atoms with Gasteiger partial charge in [0.1, 0.15) is 18.5 Å². The summed E-state index contributed by atoms with van der Waals surface area (Å²) in [6.45, 7) is 9.66. The van der Waals surface area contributed by atoms with Gasteiger partial charge in [-0.05, 0) is 69.1 Å². The third-order valence-electron chi connectivity index (χ3n) is 5.90. The highest BCUT2D eigenvalue weighted by Crippen LogP contribution is 2.27. The van der Waals surface area contributed by atoms with Gasteiger partial charge in [-0.2, -0.15) is 0 Å². The normalized spacial score (nSPS) is 16.0. The highest BCUT2D eigenvalue weighted by atomic mass is 16.5. The summed E-state index contributed by atoms with van der Waals surface area (Å²) in [6, 6.07) is 11.7. The van der Waals surface area contributed by atoms with Gasteiger partial charge in [0.15, 0.2) is 0 Å². The van der Waals surface area contributed by atoms with Crippen molar-refractivity contribution in [1.29, 1.82) is 0 Å². The fourth-order valence-electron chi connectivity index (χ4n) is 3.98. The minimum absolute atomic E-state index is 0.0881. The van der Waals surface area contributed by atoms with E-state index in [9.17, 15) is 4.79 Å². The molecule has 0 aliphatic carbocycles. The molecule has 0 bridgehead atoms. The molecule has 0 saturated carbocycles. The number of nitrogens with zero attached hydrogens (tertiary/aromatic N) is 2. The molecule has 1 saturated heterocycles. The van der Waals surface area contributed by atoms with E-state index in [1.807, 2.05) is 57.4 Å². The summed E-state index contributed by atoms with van der Waals surface area (Å²) >= 11 is 0. The summed E-state index contributed by atoms with van der Waals surface area (Å²) in [6.07, 6.45) is 3.13. The van der Waals surface area contributed by atoms with Crippen molar-refractivity contribution in [1.82, 2.24) is 26.1 Å². The van der Waals surface area contributed by atoms with Crippen molar-refractivity contribution in [3.05, 3.63) is 60.3 Å². The first-order chi connectivity index (χ1) is 17.4. The van der Waals surface area contributed by atoms with Crippen molar-refractivity contribution in [2.45, 2.75) is 38.8 Å². The Kier molecular flexibility index (Phi) is 8.48. The van der Waals surface area contributed by atoms with E-state index in [0.29, 0.717) is 31.5 Å². The Balaban J connectivity index is 1.49. The fraction of sp³-hybridized carbons (Fsp3) is 0.370. The molecule has 1 aliphatic heterocycles. The summed E-state index contributed by atoms with van der Waals surface area (Å²) in [5, 5.41) is 7.26. The second kappa shape index (κ2) is 11.9. The van der Waals surface area contributed by atoms with Crippen LogP contribution in [0.25, 0.3) is 16.5 Å². The van der Waals surface area contributed by atoms with Crippen molar-refractivity contribution >= 4 is 34.0 Å². The second-order valence-electron chi connectivity index (χ2n) is 9.06. The number of fused-ring (bicyclic) bond motifs is 1. The standard InChI is InChI=1S/C27H34N6O3/c1-17-7-8-24-21(10-17)15-29-27(33-24)32-22-11-20(18(2)14-30-28-4)12-23(13-22)36-16-19(3)31-26(34)25-6-5-9-35-25/h7-8,10-13,15,19,25,28,30H,2,5-6,9,14,16H2,1,3-4H3,(H,31,34)(H,29,32,33)/t19-,25-/m1/s1. The molecule has 0 spiro atoms. The average molecular weight is 491 g/mol. The molecule has 2 atom stereocenters. The minimum atomic E-state index is -0.361. The van der Waals surface area contributed by atoms with E-state index >= 15 is 0 Å². The van der Waals surface area contributed by atoms with Gasteiger partial charge in [-0.1, -0.05) is 18.2 Å². The summed E-state index contributed by atoms with van der Waals surface area (Å²) < 4.78 is 11.5. The number of hydrazine groups is 1. The maximum atomic E-state index is 12.3. The van der Waals surface area contributed by atoms with E-state index in [2.05, 4.69) is 44.1 Å². The molecule has 1 amide bonds. The van der Waals surface area contributed by atoms with Crippen LogP contribution in [0.15, 0.2) is 49.2 Å². The molecule has 190 valence electrons. The summed E-state index contributed by atoms with van der Waals surface area (Å²) in [5.74, 6) is 1.05. The number of rotatable bonds is 11. The van der Waals surface area contributed by atoms with Crippen LogP contribution < -0.4 is 26.2 Å². The molecule has 9 heteroatoms. The zero-order valence-electron chi connectivity index (χ0n) is 21.1. The van der Waals surface area contributed by atoms with Crippen LogP contribution in [0.1, 0.15) is 30.9 Å². The number of hydrogen-bond donors (Lipinski definition) is 4. The maximum absolute atomic E-state index is 12.3. The molecule has 0 radical (unpaired) electrons. The fourth-order valence-corrected chi connectivity index (χ4v) is 3.98. The van der Waals surface area contributed by atoms with Crippen LogP contribution >= 0.6 is 0 Å². The largest absolute Gasteiger partial charge is 0.491 e. The summed E-state index contributed by atoms with van der Waals surface area (Å²) in [4.78, 5) is 21.5. The van der Waals surface area contributed by atoms with E-state index in [-0.39, 0.29) is 18.1 Å². The molecule has 9 nitrogen and oxygen atoms in total. The Morgan fingerprint density at radius 1 is 1.28 bits per heavy atom. The van der Waals surface area contributed by atoms with Crippen LogP contribution in [0.5, 0.6) is 5.75 Å². The molecule has 3 aromatic rings. The van der Waals surface area contributed by atoms with Gasteiger partial charge in [-0.15, -0.1) is 0 Å². The smallest absolute Gasteiger partial charge is 0.249 e. The van der Waals surface area contributed by atoms with Gasteiger partial charge in [0, 0.05) is 36.5 Å². The number of amides is 1. The lowest BCUT2D eigenvalue weighted by Crippen LogP contribution is -2.42. The first-order valence-electron chi connectivity index (χ1n) is 12.2. The number of hydrogen-bond acceptors (Lipinski definition) is 8. The predicted molar refractivity (Wildman–Crippen MR) is 142 cm³/mol. The Labute approximate surface area is 211 Å². The number of anilines is 2. The lowest BCUT2D eigenvalue weighted by molar-refractivity contribution is -0.130. The van der Waals surface area contributed by atoms with E-state index < -0.39 is 0 Å². The quantitative estimate of drug-likeness (QED) is 0.303. The number of carbonyl (C=O) groups excluding carboxylic acids is 1. The van der Waals surface area contributed by atoms with E-state index in [1.165, 1.54) is 0 Å². The van der Waals surface area contributed by atoms with E-state index in [1.54, 1.807) is 0 Å². The molecule has 0 unspecified atom stereocenters. The monoisotopic (exact) mass is 490 g/mol. The zero-order chi connectivity index (χ0) is 25.5. The van der Waals surface area contributed by atoms with Gasteiger partial charge >= 0.3 is 0 Å². The number of aryl methyl sites for hydroxylation is 1. The third kappa shape index (κ3) is 6.78. The Morgan fingerprint density at radius 2 is 2.14 bits per heavy atom. The number of benzene rings is 2. The zero-order valence-corrected chi connectivity index (χ0v) is 21.1. The van der Waals surface area contributed by atoms with Gasteiger partial charge in [0.05, 0.1) is 11.6 Å². The second-order valence-corrected chi connectivity index (χ2v) is 9.06. The van der Waals surface area contributed by atoms with E-state index in [0.717, 1.165) is 46.1 Å². The van der Waals surface area contributed by atoms with Crippen molar-refractivity contribution in [2.75, 3.05) is 32.1 Å². The Hall–Kier alpha value is -3.53. The Bertz CT molecular complexity index is 1230. The average Bonchev–Trinajstić information content (AvgIpc) is 3.41.